The fraction of sp³-hybridized carbons (Fsp3) is 0.125. The number of hydrogen-bond acceptors (Lipinski definition) is 3. The molecule has 0 N–H and O–H groups in total. The predicted octanol–water partition coefficient (Wildman–Crippen LogP) is 3.17. The second-order valence-electron chi connectivity index (χ2n) is 4.70. The minimum absolute atomic E-state index is 0.253. The second kappa shape index (κ2) is 5.01. The van der Waals surface area contributed by atoms with E-state index in [9.17, 15) is 9.18 Å². The maximum Gasteiger partial charge on any atom is 0.374 e. The number of benzene rings is 2. The second-order valence-corrected chi connectivity index (χ2v) is 4.70. The zero-order chi connectivity index (χ0) is 15.0. The van der Waals surface area contributed by atoms with Crippen LogP contribution in [-0.4, -0.2) is 22.6 Å². The molecule has 0 bridgehead atoms. The molecule has 2 aromatic carbocycles. The van der Waals surface area contributed by atoms with Gasteiger partial charge >= 0.3 is 5.97 Å². The number of nitrogens with zero attached hydrogens (tertiary/aromatic N) is 2. The van der Waals surface area contributed by atoms with E-state index in [4.69, 9.17) is 4.74 Å². The summed E-state index contributed by atoms with van der Waals surface area (Å²) in [7, 11) is 3.09. The van der Waals surface area contributed by atoms with E-state index >= 15 is 0 Å². The largest absolute Gasteiger partial charge is 0.463 e. The molecule has 0 atom stereocenters. The van der Waals surface area contributed by atoms with Crippen molar-refractivity contribution in [3.63, 3.8) is 0 Å². The first-order chi connectivity index (χ1) is 10.1. The summed E-state index contributed by atoms with van der Waals surface area (Å²) >= 11 is 0. The number of aryl methyl sites for hydroxylation is 1. The van der Waals surface area contributed by atoms with Gasteiger partial charge in [-0.2, -0.15) is 0 Å². The topological polar surface area (TPSA) is 44.1 Å². The zero-order valence-corrected chi connectivity index (χ0v) is 11.6. The third kappa shape index (κ3) is 2.27. The molecule has 3 aromatic rings. The molecule has 5 heteroatoms. The van der Waals surface area contributed by atoms with Gasteiger partial charge in [0.15, 0.2) is 0 Å². The van der Waals surface area contributed by atoms with Crippen LogP contribution in [0.15, 0.2) is 42.5 Å². The summed E-state index contributed by atoms with van der Waals surface area (Å²) in [4.78, 5) is 16.0. The van der Waals surface area contributed by atoms with Crippen LogP contribution in [0.5, 0.6) is 0 Å². The number of halogens is 1. The van der Waals surface area contributed by atoms with E-state index in [-0.39, 0.29) is 11.6 Å². The number of hydrogen-bond donors (Lipinski definition) is 0. The van der Waals surface area contributed by atoms with Crippen molar-refractivity contribution in [2.24, 2.45) is 7.05 Å². The van der Waals surface area contributed by atoms with Gasteiger partial charge in [0.2, 0.25) is 5.82 Å². The number of rotatable bonds is 2. The Morgan fingerprint density at radius 3 is 2.48 bits per heavy atom. The van der Waals surface area contributed by atoms with Gasteiger partial charge in [-0.05, 0) is 35.4 Å². The summed E-state index contributed by atoms with van der Waals surface area (Å²) in [6.45, 7) is 0. The molecule has 0 saturated carbocycles. The SMILES string of the molecule is COC(=O)c1nc2cc(-c3ccc(F)cc3)ccc2n1C. The minimum Gasteiger partial charge on any atom is -0.463 e. The van der Waals surface area contributed by atoms with E-state index in [0.717, 1.165) is 16.6 Å². The van der Waals surface area contributed by atoms with Gasteiger partial charge in [-0.1, -0.05) is 18.2 Å². The Morgan fingerprint density at radius 2 is 1.81 bits per heavy atom. The quantitative estimate of drug-likeness (QED) is 0.679. The van der Waals surface area contributed by atoms with Crippen molar-refractivity contribution in [3.8, 4) is 11.1 Å². The molecule has 106 valence electrons. The van der Waals surface area contributed by atoms with E-state index in [2.05, 4.69) is 4.98 Å². The lowest BCUT2D eigenvalue weighted by molar-refractivity contribution is 0.0583. The number of aromatic nitrogens is 2. The molecule has 0 saturated heterocycles. The first-order valence-electron chi connectivity index (χ1n) is 6.41. The van der Waals surface area contributed by atoms with Gasteiger partial charge in [-0.25, -0.2) is 14.2 Å². The van der Waals surface area contributed by atoms with Gasteiger partial charge in [0.25, 0.3) is 0 Å². The Labute approximate surface area is 120 Å². The summed E-state index contributed by atoms with van der Waals surface area (Å²) in [6.07, 6.45) is 0. The number of ether oxygens (including phenoxy) is 1. The highest BCUT2D eigenvalue weighted by Crippen LogP contribution is 2.25. The number of esters is 1. The standard InChI is InChI=1S/C16H13FN2O2/c1-19-14-8-5-11(10-3-6-12(17)7-4-10)9-13(14)18-15(19)16(20)21-2/h3-9H,1-2H3. The Bertz CT molecular complexity index is 822. The number of methoxy groups -OCH3 is 1. The monoisotopic (exact) mass is 284 g/mol. The van der Waals surface area contributed by atoms with Crippen LogP contribution in [-0.2, 0) is 11.8 Å². The summed E-state index contributed by atoms with van der Waals surface area (Å²) in [6, 6.07) is 11.9. The zero-order valence-electron chi connectivity index (χ0n) is 11.6. The van der Waals surface area contributed by atoms with E-state index in [1.807, 2.05) is 18.2 Å². The van der Waals surface area contributed by atoms with Gasteiger partial charge in [0.1, 0.15) is 5.82 Å². The minimum atomic E-state index is -0.475. The van der Waals surface area contributed by atoms with Crippen LogP contribution in [0.4, 0.5) is 4.39 Å². The van der Waals surface area contributed by atoms with Crippen molar-refractivity contribution in [1.82, 2.24) is 9.55 Å². The fourth-order valence-electron chi connectivity index (χ4n) is 2.30. The van der Waals surface area contributed by atoms with Crippen LogP contribution in [0.2, 0.25) is 0 Å². The molecular formula is C16H13FN2O2. The number of carbonyl (C=O) groups excluding carboxylic acids is 1. The fourth-order valence-corrected chi connectivity index (χ4v) is 2.30. The van der Waals surface area contributed by atoms with Crippen molar-refractivity contribution < 1.29 is 13.9 Å². The van der Waals surface area contributed by atoms with E-state index < -0.39 is 5.97 Å². The van der Waals surface area contributed by atoms with Gasteiger partial charge < -0.3 is 9.30 Å². The van der Waals surface area contributed by atoms with E-state index in [0.29, 0.717) is 5.52 Å². The molecule has 0 aliphatic heterocycles. The first-order valence-corrected chi connectivity index (χ1v) is 6.41. The van der Waals surface area contributed by atoms with Crippen LogP contribution in [0.3, 0.4) is 0 Å². The normalized spacial score (nSPS) is 10.8. The molecule has 21 heavy (non-hydrogen) atoms. The summed E-state index contributed by atoms with van der Waals surface area (Å²) in [5.74, 6) is -0.494. The Kier molecular flexibility index (Phi) is 3.17. The van der Waals surface area contributed by atoms with Crippen LogP contribution >= 0.6 is 0 Å². The highest BCUT2D eigenvalue weighted by Gasteiger charge is 2.15. The third-order valence-electron chi connectivity index (χ3n) is 3.43. The Hall–Kier alpha value is -2.69. The highest BCUT2D eigenvalue weighted by molar-refractivity contribution is 5.92. The Balaban J connectivity index is 2.12. The van der Waals surface area contributed by atoms with Crippen molar-refractivity contribution >= 4 is 17.0 Å². The summed E-state index contributed by atoms with van der Waals surface area (Å²) in [5, 5.41) is 0. The molecule has 0 aliphatic rings. The summed E-state index contributed by atoms with van der Waals surface area (Å²) in [5.41, 5.74) is 3.33. The van der Waals surface area contributed by atoms with Crippen LogP contribution < -0.4 is 0 Å². The molecule has 0 fully saturated rings. The van der Waals surface area contributed by atoms with Crippen molar-refractivity contribution in [1.29, 1.82) is 0 Å². The molecular weight excluding hydrogens is 271 g/mol. The average molecular weight is 284 g/mol. The lowest BCUT2D eigenvalue weighted by Gasteiger charge is -2.02. The smallest absolute Gasteiger partial charge is 0.374 e. The van der Waals surface area contributed by atoms with Gasteiger partial charge in [-0.15, -0.1) is 0 Å². The molecule has 0 aliphatic carbocycles. The van der Waals surface area contributed by atoms with Gasteiger partial charge in [0, 0.05) is 7.05 Å². The predicted molar refractivity (Wildman–Crippen MR) is 77.4 cm³/mol. The lowest BCUT2D eigenvalue weighted by Crippen LogP contribution is -2.08. The van der Waals surface area contributed by atoms with Crippen LogP contribution in [0.25, 0.3) is 22.2 Å². The highest BCUT2D eigenvalue weighted by atomic mass is 19.1. The third-order valence-corrected chi connectivity index (χ3v) is 3.43. The first kappa shape index (κ1) is 13.3. The number of fused-ring (bicyclic) bond motifs is 1. The van der Waals surface area contributed by atoms with E-state index in [1.54, 1.807) is 23.7 Å². The molecule has 3 rings (SSSR count). The average Bonchev–Trinajstić information content (AvgIpc) is 2.84. The molecule has 4 nitrogen and oxygen atoms in total. The molecule has 0 radical (unpaired) electrons. The van der Waals surface area contributed by atoms with Crippen molar-refractivity contribution in [2.75, 3.05) is 7.11 Å². The lowest BCUT2D eigenvalue weighted by atomic mass is 10.1. The number of imidazole rings is 1. The van der Waals surface area contributed by atoms with Crippen molar-refractivity contribution in [2.45, 2.75) is 0 Å². The van der Waals surface area contributed by atoms with Crippen molar-refractivity contribution in [3.05, 3.63) is 54.1 Å². The molecule has 0 unspecified atom stereocenters. The van der Waals surface area contributed by atoms with Gasteiger partial charge in [-0.3, -0.25) is 0 Å². The van der Waals surface area contributed by atoms with E-state index in [1.165, 1.54) is 19.2 Å². The molecule has 1 heterocycles. The molecule has 0 amide bonds. The Morgan fingerprint density at radius 1 is 1.14 bits per heavy atom. The summed E-state index contributed by atoms with van der Waals surface area (Å²) < 4.78 is 19.4. The molecule has 0 spiro atoms. The van der Waals surface area contributed by atoms with Crippen LogP contribution in [0, 0.1) is 5.82 Å². The van der Waals surface area contributed by atoms with Gasteiger partial charge in [0.05, 0.1) is 18.1 Å². The van der Waals surface area contributed by atoms with Crippen LogP contribution in [0.1, 0.15) is 10.6 Å². The number of carbonyl (C=O) groups is 1. The molecule has 1 aromatic heterocycles. The maximum absolute atomic E-state index is 13.0. The maximum atomic E-state index is 13.0.